The fourth-order valence-electron chi connectivity index (χ4n) is 1.78. The van der Waals surface area contributed by atoms with Crippen molar-refractivity contribution in [1.82, 2.24) is 0 Å². The number of ketones is 1. The lowest BCUT2D eigenvalue weighted by Crippen LogP contribution is -2.00. The van der Waals surface area contributed by atoms with Crippen LogP contribution in [-0.2, 0) is 0 Å². The number of carbonyl (C=O) groups is 1. The van der Waals surface area contributed by atoms with E-state index in [1.54, 1.807) is 11.3 Å². The predicted octanol–water partition coefficient (Wildman–Crippen LogP) is 4.67. The van der Waals surface area contributed by atoms with Crippen LogP contribution in [0.2, 0.25) is 0 Å². The molecule has 0 amide bonds. The van der Waals surface area contributed by atoms with Crippen molar-refractivity contribution in [2.45, 2.75) is 20.8 Å². The van der Waals surface area contributed by atoms with Crippen LogP contribution in [0.25, 0.3) is 0 Å². The molecule has 0 aliphatic heterocycles. The summed E-state index contributed by atoms with van der Waals surface area (Å²) in [5.41, 5.74) is 2.97. The average Bonchev–Trinajstić information content (AvgIpc) is 2.71. The summed E-state index contributed by atoms with van der Waals surface area (Å²) in [6.07, 6.45) is 0. The molecular formula is C14H13BrOS. The molecule has 0 fully saturated rings. The van der Waals surface area contributed by atoms with E-state index in [4.69, 9.17) is 0 Å². The molecule has 0 atom stereocenters. The number of rotatable bonds is 2. The normalized spacial score (nSPS) is 10.6. The number of carbonyl (C=O) groups excluding carboxylic acids is 1. The van der Waals surface area contributed by atoms with Crippen molar-refractivity contribution in [3.05, 3.63) is 55.2 Å². The zero-order chi connectivity index (χ0) is 12.6. The molecule has 0 aliphatic rings. The predicted molar refractivity (Wildman–Crippen MR) is 76.1 cm³/mol. The van der Waals surface area contributed by atoms with Crippen LogP contribution in [0, 0.1) is 20.8 Å². The number of hydrogen-bond donors (Lipinski definition) is 0. The molecule has 0 radical (unpaired) electrons. The zero-order valence-corrected chi connectivity index (χ0v) is 12.4. The highest BCUT2D eigenvalue weighted by Crippen LogP contribution is 2.25. The van der Waals surface area contributed by atoms with E-state index < -0.39 is 0 Å². The highest BCUT2D eigenvalue weighted by atomic mass is 79.9. The van der Waals surface area contributed by atoms with Crippen LogP contribution < -0.4 is 0 Å². The quantitative estimate of drug-likeness (QED) is 0.737. The molecule has 17 heavy (non-hydrogen) atoms. The second kappa shape index (κ2) is 4.75. The molecule has 2 rings (SSSR count). The Balaban J connectivity index is 2.44. The first-order valence-electron chi connectivity index (χ1n) is 5.37. The van der Waals surface area contributed by atoms with Gasteiger partial charge < -0.3 is 0 Å². The van der Waals surface area contributed by atoms with Gasteiger partial charge in [0.25, 0.3) is 0 Å². The Morgan fingerprint density at radius 1 is 1.12 bits per heavy atom. The fraction of sp³-hybridized carbons (Fsp3) is 0.214. The Morgan fingerprint density at radius 2 is 1.71 bits per heavy atom. The standard InChI is InChI=1S/C14H13BrOS/c1-8-6-11(7-9(2)13(8)15)14(16)12-5-4-10(3)17-12/h4-7H,1-3H3. The summed E-state index contributed by atoms with van der Waals surface area (Å²) in [4.78, 5) is 14.2. The lowest BCUT2D eigenvalue weighted by atomic mass is 10.0. The van der Waals surface area contributed by atoms with Crippen molar-refractivity contribution in [2.75, 3.05) is 0 Å². The van der Waals surface area contributed by atoms with E-state index in [1.807, 2.05) is 45.0 Å². The van der Waals surface area contributed by atoms with Gasteiger partial charge in [0.05, 0.1) is 4.88 Å². The van der Waals surface area contributed by atoms with Crippen molar-refractivity contribution >= 4 is 33.0 Å². The lowest BCUT2D eigenvalue weighted by Gasteiger charge is -2.06. The molecule has 2 aromatic rings. The summed E-state index contributed by atoms with van der Waals surface area (Å²) < 4.78 is 1.08. The summed E-state index contributed by atoms with van der Waals surface area (Å²) >= 11 is 5.06. The van der Waals surface area contributed by atoms with Crippen LogP contribution >= 0.6 is 27.3 Å². The van der Waals surface area contributed by atoms with Crippen LogP contribution in [0.3, 0.4) is 0 Å². The number of aryl methyl sites for hydroxylation is 3. The molecule has 0 spiro atoms. The topological polar surface area (TPSA) is 17.1 Å². The monoisotopic (exact) mass is 308 g/mol. The molecule has 0 aliphatic carbocycles. The van der Waals surface area contributed by atoms with Crippen LogP contribution in [0.1, 0.15) is 31.2 Å². The van der Waals surface area contributed by atoms with Crippen molar-refractivity contribution in [3.8, 4) is 0 Å². The van der Waals surface area contributed by atoms with Crippen molar-refractivity contribution in [3.63, 3.8) is 0 Å². The first-order valence-corrected chi connectivity index (χ1v) is 6.98. The van der Waals surface area contributed by atoms with Gasteiger partial charge in [-0.2, -0.15) is 0 Å². The Bertz CT molecular complexity index is 561. The van der Waals surface area contributed by atoms with Gasteiger partial charge in [-0.05, 0) is 56.2 Å². The minimum Gasteiger partial charge on any atom is -0.288 e. The first kappa shape index (κ1) is 12.5. The maximum atomic E-state index is 12.3. The molecule has 1 aromatic heterocycles. The molecule has 0 unspecified atom stereocenters. The van der Waals surface area contributed by atoms with E-state index >= 15 is 0 Å². The summed E-state index contributed by atoms with van der Waals surface area (Å²) in [5, 5.41) is 0. The number of halogens is 1. The third-order valence-corrected chi connectivity index (χ3v) is 4.91. The largest absolute Gasteiger partial charge is 0.288 e. The zero-order valence-electron chi connectivity index (χ0n) is 10.0. The van der Waals surface area contributed by atoms with E-state index in [-0.39, 0.29) is 5.78 Å². The van der Waals surface area contributed by atoms with Crippen molar-refractivity contribution in [1.29, 1.82) is 0 Å². The van der Waals surface area contributed by atoms with Gasteiger partial charge in [-0.15, -0.1) is 11.3 Å². The summed E-state index contributed by atoms with van der Waals surface area (Å²) in [6, 6.07) is 7.76. The molecule has 88 valence electrons. The Kier molecular flexibility index (Phi) is 3.50. The summed E-state index contributed by atoms with van der Waals surface area (Å²) in [7, 11) is 0. The summed E-state index contributed by atoms with van der Waals surface area (Å²) in [6.45, 7) is 6.03. The molecule has 0 N–H and O–H groups in total. The van der Waals surface area contributed by atoms with Crippen LogP contribution in [0.5, 0.6) is 0 Å². The molecule has 0 saturated heterocycles. The van der Waals surface area contributed by atoms with Gasteiger partial charge in [-0.25, -0.2) is 0 Å². The molecule has 3 heteroatoms. The molecule has 1 nitrogen and oxygen atoms in total. The molecule has 0 bridgehead atoms. The molecule has 1 aromatic carbocycles. The van der Waals surface area contributed by atoms with E-state index in [9.17, 15) is 4.79 Å². The smallest absolute Gasteiger partial charge is 0.202 e. The van der Waals surface area contributed by atoms with Crippen LogP contribution in [0.4, 0.5) is 0 Å². The maximum Gasteiger partial charge on any atom is 0.202 e. The second-order valence-electron chi connectivity index (χ2n) is 4.16. The number of benzene rings is 1. The van der Waals surface area contributed by atoms with Crippen molar-refractivity contribution in [2.24, 2.45) is 0 Å². The van der Waals surface area contributed by atoms with Gasteiger partial charge in [0.1, 0.15) is 0 Å². The Morgan fingerprint density at radius 3 is 2.18 bits per heavy atom. The second-order valence-corrected chi connectivity index (χ2v) is 6.24. The third kappa shape index (κ3) is 2.50. The number of thiophene rings is 1. The lowest BCUT2D eigenvalue weighted by molar-refractivity contribution is 0.104. The van der Waals surface area contributed by atoms with Gasteiger partial charge in [0, 0.05) is 14.9 Å². The fourth-order valence-corrected chi connectivity index (χ4v) is 2.83. The Labute approximate surface area is 114 Å². The SMILES string of the molecule is Cc1ccc(C(=O)c2cc(C)c(Br)c(C)c2)s1. The van der Waals surface area contributed by atoms with Gasteiger partial charge in [-0.1, -0.05) is 15.9 Å². The van der Waals surface area contributed by atoms with E-state index in [1.165, 1.54) is 4.88 Å². The average molecular weight is 309 g/mol. The molecular weight excluding hydrogens is 296 g/mol. The van der Waals surface area contributed by atoms with Gasteiger partial charge >= 0.3 is 0 Å². The van der Waals surface area contributed by atoms with Crippen LogP contribution in [-0.4, -0.2) is 5.78 Å². The maximum absolute atomic E-state index is 12.3. The summed E-state index contributed by atoms with van der Waals surface area (Å²) in [5.74, 6) is 0.113. The van der Waals surface area contributed by atoms with Gasteiger partial charge in [0.15, 0.2) is 0 Å². The third-order valence-electron chi connectivity index (χ3n) is 2.66. The van der Waals surface area contributed by atoms with Crippen LogP contribution in [0.15, 0.2) is 28.7 Å². The highest BCUT2D eigenvalue weighted by molar-refractivity contribution is 9.10. The highest BCUT2D eigenvalue weighted by Gasteiger charge is 2.13. The molecule has 0 saturated carbocycles. The minimum atomic E-state index is 0.113. The van der Waals surface area contributed by atoms with E-state index in [0.29, 0.717) is 0 Å². The van der Waals surface area contributed by atoms with Gasteiger partial charge in [-0.3, -0.25) is 4.79 Å². The first-order chi connectivity index (χ1) is 7.99. The Hall–Kier alpha value is -0.930. The minimum absolute atomic E-state index is 0.113. The van der Waals surface area contributed by atoms with E-state index in [0.717, 1.165) is 26.0 Å². The number of hydrogen-bond acceptors (Lipinski definition) is 2. The molecule has 1 heterocycles. The van der Waals surface area contributed by atoms with Gasteiger partial charge in [0.2, 0.25) is 5.78 Å². The van der Waals surface area contributed by atoms with E-state index in [2.05, 4.69) is 15.9 Å². The van der Waals surface area contributed by atoms with Crippen molar-refractivity contribution < 1.29 is 4.79 Å².